The first kappa shape index (κ1) is 24.4. The lowest BCUT2D eigenvalue weighted by molar-refractivity contribution is -0.137. The monoisotopic (exact) mass is 447 g/mol. The number of hydrogen-bond acceptors (Lipinski definition) is 3. The van der Waals surface area contributed by atoms with Crippen LogP contribution in [-0.4, -0.2) is 23.3 Å². The summed E-state index contributed by atoms with van der Waals surface area (Å²) in [5, 5.41) is 0. The van der Waals surface area contributed by atoms with Crippen LogP contribution in [0.3, 0.4) is 0 Å². The van der Waals surface area contributed by atoms with E-state index in [1.165, 1.54) is 18.2 Å². The molecule has 3 rings (SSSR count). The van der Waals surface area contributed by atoms with E-state index in [2.05, 4.69) is 0 Å². The van der Waals surface area contributed by atoms with Crippen molar-refractivity contribution in [2.75, 3.05) is 12.3 Å². The third kappa shape index (κ3) is 7.12. The second-order valence-corrected chi connectivity index (χ2v) is 6.67. The number of primary amides is 1. The molecule has 3 aromatic carbocycles. The lowest BCUT2D eigenvalue weighted by atomic mass is 10.1. The Morgan fingerprint density at radius 3 is 1.94 bits per heavy atom. The molecule has 0 heterocycles. The van der Waals surface area contributed by atoms with Gasteiger partial charge < -0.3 is 16.4 Å². The molecule has 5 nitrogen and oxygen atoms in total. The van der Waals surface area contributed by atoms with Crippen LogP contribution >= 0.6 is 0 Å². The minimum Gasteiger partial charge on any atom is -0.398 e. The Labute approximate surface area is 182 Å². The third-order valence-corrected chi connectivity index (χ3v) is 4.23. The zero-order chi connectivity index (χ0) is 23.7. The number of carbonyl (C=O) groups excluding carboxylic acids is 2. The van der Waals surface area contributed by atoms with Crippen molar-refractivity contribution >= 4 is 17.5 Å². The van der Waals surface area contributed by atoms with Crippen molar-refractivity contribution in [1.29, 1.82) is 0 Å². The lowest BCUT2D eigenvalue weighted by Gasteiger charge is -2.23. The van der Waals surface area contributed by atoms with E-state index in [0.717, 1.165) is 4.90 Å². The minimum absolute atomic E-state index is 0.0288. The molecule has 0 aromatic heterocycles. The van der Waals surface area contributed by atoms with Gasteiger partial charge in [0.25, 0.3) is 5.91 Å². The van der Waals surface area contributed by atoms with Gasteiger partial charge in [0.2, 0.25) is 5.91 Å². The Morgan fingerprint density at radius 2 is 1.44 bits per heavy atom. The number of nitrogen functional groups attached to an aromatic ring is 1. The highest BCUT2D eigenvalue weighted by Crippen LogP contribution is 2.30. The van der Waals surface area contributed by atoms with E-state index in [0.29, 0.717) is 18.2 Å². The Balaban J connectivity index is 0.000000520. The molecule has 168 valence electrons. The van der Waals surface area contributed by atoms with Crippen molar-refractivity contribution in [2.24, 2.45) is 5.73 Å². The maximum Gasteiger partial charge on any atom is 0.416 e. The first-order valence-electron chi connectivity index (χ1n) is 9.37. The van der Waals surface area contributed by atoms with Crippen LogP contribution < -0.4 is 11.5 Å². The highest BCUT2D eigenvalue weighted by Gasteiger charge is 2.31. The van der Waals surface area contributed by atoms with E-state index >= 15 is 0 Å². The molecule has 0 aliphatic heterocycles. The summed E-state index contributed by atoms with van der Waals surface area (Å²) in [4.78, 5) is 24.7. The van der Waals surface area contributed by atoms with Gasteiger partial charge in [0.05, 0.1) is 17.7 Å². The molecular formula is C23H21F4N3O2. The second kappa shape index (κ2) is 10.9. The van der Waals surface area contributed by atoms with Crippen LogP contribution in [0, 0.1) is 5.82 Å². The molecule has 0 aliphatic carbocycles. The van der Waals surface area contributed by atoms with Crippen molar-refractivity contribution in [2.45, 2.75) is 12.7 Å². The fraction of sp³-hybridized carbons (Fsp3) is 0.130. The van der Waals surface area contributed by atoms with Crippen molar-refractivity contribution in [3.8, 4) is 0 Å². The number of rotatable bonds is 5. The van der Waals surface area contributed by atoms with Crippen LogP contribution in [0.2, 0.25) is 0 Å². The summed E-state index contributed by atoms with van der Waals surface area (Å²) in [6, 6.07) is 19.8. The van der Waals surface area contributed by atoms with E-state index in [1.807, 2.05) is 36.4 Å². The van der Waals surface area contributed by atoms with Crippen LogP contribution in [0.15, 0.2) is 78.9 Å². The summed E-state index contributed by atoms with van der Waals surface area (Å²) in [6.45, 7) is -1.19. The Hall–Kier alpha value is -3.88. The fourth-order valence-electron chi connectivity index (χ4n) is 2.71. The van der Waals surface area contributed by atoms with Gasteiger partial charge in [-0.05, 0) is 30.3 Å². The molecule has 3 aromatic rings. The molecule has 0 radical (unpaired) electrons. The predicted molar refractivity (Wildman–Crippen MR) is 113 cm³/mol. The van der Waals surface area contributed by atoms with E-state index in [4.69, 9.17) is 11.5 Å². The number of nitrogens with two attached hydrogens (primary N) is 2. The minimum atomic E-state index is -4.68. The van der Waals surface area contributed by atoms with Crippen LogP contribution in [-0.2, 0) is 17.5 Å². The first-order chi connectivity index (χ1) is 15.1. The van der Waals surface area contributed by atoms with Crippen molar-refractivity contribution in [3.05, 3.63) is 101 Å². The summed E-state index contributed by atoms with van der Waals surface area (Å²) in [6.07, 6.45) is -4.68. The van der Waals surface area contributed by atoms with Gasteiger partial charge in [0.1, 0.15) is 5.82 Å². The summed E-state index contributed by atoms with van der Waals surface area (Å²) in [7, 11) is 0. The predicted octanol–water partition coefficient (Wildman–Crippen LogP) is 4.24. The number of anilines is 1. The molecular weight excluding hydrogens is 426 g/mol. The van der Waals surface area contributed by atoms with Gasteiger partial charge in [-0.2, -0.15) is 13.2 Å². The standard InChI is InChI=1S/C17H15F4N3O2.C6H6/c18-13-6-5-11(17(19,20)21)7-10(13)8-24(9-15(23)25)16(26)12-3-1-2-4-14(12)22;1-2-4-6-5-3-1/h1-7H,8-9,22H2,(H2,23,25);1-6H. The van der Waals surface area contributed by atoms with Gasteiger partial charge in [0.15, 0.2) is 0 Å². The molecule has 0 spiro atoms. The normalized spacial score (nSPS) is 10.6. The summed E-state index contributed by atoms with van der Waals surface area (Å²) < 4.78 is 52.4. The number of nitrogens with zero attached hydrogens (tertiary/aromatic N) is 1. The molecule has 0 saturated carbocycles. The molecule has 4 N–H and O–H groups in total. The zero-order valence-electron chi connectivity index (χ0n) is 16.9. The summed E-state index contributed by atoms with van der Waals surface area (Å²) in [5.74, 6) is -2.60. The highest BCUT2D eigenvalue weighted by molar-refractivity contribution is 6.00. The molecule has 0 saturated heterocycles. The van der Waals surface area contributed by atoms with Crippen molar-refractivity contribution in [1.82, 2.24) is 4.90 Å². The van der Waals surface area contributed by atoms with Crippen molar-refractivity contribution in [3.63, 3.8) is 0 Å². The van der Waals surface area contributed by atoms with Crippen LogP contribution in [0.25, 0.3) is 0 Å². The summed E-state index contributed by atoms with van der Waals surface area (Å²) >= 11 is 0. The molecule has 9 heteroatoms. The maximum absolute atomic E-state index is 14.0. The number of alkyl halides is 3. The lowest BCUT2D eigenvalue weighted by Crippen LogP contribution is -2.38. The highest BCUT2D eigenvalue weighted by atomic mass is 19.4. The van der Waals surface area contributed by atoms with E-state index in [9.17, 15) is 27.2 Å². The summed E-state index contributed by atoms with van der Waals surface area (Å²) in [5.41, 5.74) is 9.48. The van der Waals surface area contributed by atoms with Gasteiger partial charge in [-0.3, -0.25) is 9.59 Å². The average molecular weight is 447 g/mol. The Morgan fingerprint density at radius 1 is 0.875 bits per heavy atom. The average Bonchev–Trinajstić information content (AvgIpc) is 2.75. The van der Waals surface area contributed by atoms with E-state index < -0.39 is 48.0 Å². The van der Waals surface area contributed by atoms with Crippen LogP contribution in [0.5, 0.6) is 0 Å². The van der Waals surface area contributed by atoms with Crippen LogP contribution in [0.4, 0.5) is 23.2 Å². The molecule has 0 fully saturated rings. The SMILES string of the molecule is NC(=O)CN(Cc1cc(C(F)(F)F)ccc1F)C(=O)c1ccccc1N.c1ccccc1. The molecule has 0 bridgehead atoms. The molecule has 0 atom stereocenters. The zero-order valence-corrected chi connectivity index (χ0v) is 16.9. The Bertz CT molecular complexity index is 1030. The first-order valence-corrected chi connectivity index (χ1v) is 9.37. The van der Waals surface area contributed by atoms with Gasteiger partial charge in [0, 0.05) is 17.8 Å². The fourth-order valence-corrected chi connectivity index (χ4v) is 2.71. The maximum atomic E-state index is 14.0. The number of para-hydroxylation sites is 1. The van der Waals surface area contributed by atoms with E-state index in [1.54, 1.807) is 6.07 Å². The molecule has 2 amide bonds. The Kier molecular flexibility index (Phi) is 8.34. The quantitative estimate of drug-likeness (QED) is 0.453. The largest absolute Gasteiger partial charge is 0.416 e. The van der Waals surface area contributed by atoms with E-state index in [-0.39, 0.29) is 11.3 Å². The van der Waals surface area contributed by atoms with Crippen LogP contribution in [0.1, 0.15) is 21.5 Å². The number of halogens is 4. The van der Waals surface area contributed by atoms with Crippen molar-refractivity contribution < 1.29 is 27.2 Å². The number of hydrogen-bond donors (Lipinski definition) is 2. The molecule has 0 unspecified atom stereocenters. The number of amides is 2. The molecule has 32 heavy (non-hydrogen) atoms. The smallest absolute Gasteiger partial charge is 0.398 e. The second-order valence-electron chi connectivity index (χ2n) is 6.67. The van der Waals surface area contributed by atoms with Gasteiger partial charge in [-0.15, -0.1) is 0 Å². The number of carbonyl (C=O) groups is 2. The topological polar surface area (TPSA) is 89.4 Å². The number of benzene rings is 3. The van der Waals surface area contributed by atoms with Gasteiger partial charge in [-0.25, -0.2) is 4.39 Å². The molecule has 0 aliphatic rings. The van der Waals surface area contributed by atoms with Gasteiger partial charge in [-0.1, -0.05) is 48.5 Å². The van der Waals surface area contributed by atoms with Gasteiger partial charge >= 0.3 is 6.18 Å². The third-order valence-electron chi connectivity index (χ3n) is 4.23.